The molecular formula is C19H14Cl2F2N2O. The minimum Gasteiger partial charge on any atom is -0.482 e. The number of benzene rings is 2. The number of aromatic nitrogens is 1. The Hall–Kier alpha value is -2.37. The molecule has 0 radical (unpaired) electrons. The van der Waals surface area contributed by atoms with Gasteiger partial charge in [-0.1, -0.05) is 35.3 Å². The second-order valence-corrected chi connectivity index (χ2v) is 6.42. The van der Waals surface area contributed by atoms with Gasteiger partial charge in [-0.15, -0.1) is 0 Å². The van der Waals surface area contributed by atoms with Gasteiger partial charge in [0.15, 0.2) is 11.6 Å². The summed E-state index contributed by atoms with van der Waals surface area (Å²) in [6.45, 7) is 1.67. The van der Waals surface area contributed by atoms with Crippen LogP contribution in [0.5, 0.6) is 5.75 Å². The molecule has 2 aromatic carbocycles. The van der Waals surface area contributed by atoms with E-state index in [1.807, 2.05) is 0 Å². The van der Waals surface area contributed by atoms with Gasteiger partial charge < -0.3 is 10.5 Å². The van der Waals surface area contributed by atoms with E-state index < -0.39 is 11.9 Å². The van der Waals surface area contributed by atoms with Crippen molar-refractivity contribution < 1.29 is 13.5 Å². The molecule has 3 aromatic rings. The van der Waals surface area contributed by atoms with Crippen LogP contribution in [-0.4, -0.2) is 4.98 Å². The number of anilines is 1. The summed E-state index contributed by atoms with van der Waals surface area (Å²) in [6, 6.07) is 10.3. The van der Waals surface area contributed by atoms with Gasteiger partial charge >= 0.3 is 0 Å². The molecule has 0 bridgehead atoms. The molecule has 1 aromatic heterocycles. The highest BCUT2D eigenvalue weighted by atomic mass is 35.5. The first-order valence-corrected chi connectivity index (χ1v) is 8.44. The van der Waals surface area contributed by atoms with E-state index in [-0.39, 0.29) is 27.4 Å². The number of rotatable bonds is 4. The van der Waals surface area contributed by atoms with Crippen molar-refractivity contribution in [1.29, 1.82) is 0 Å². The van der Waals surface area contributed by atoms with Crippen LogP contribution in [0.4, 0.5) is 14.6 Å². The first kappa shape index (κ1) is 18.4. The van der Waals surface area contributed by atoms with Gasteiger partial charge in [0.05, 0.1) is 5.02 Å². The third kappa shape index (κ3) is 3.74. The summed E-state index contributed by atoms with van der Waals surface area (Å²) >= 11 is 12.1. The van der Waals surface area contributed by atoms with Gasteiger partial charge in [-0.2, -0.15) is 0 Å². The Bertz CT molecular complexity index is 966. The lowest BCUT2D eigenvalue weighted by Crippen LogP contribution is -2.08. The maximum atomic E-state index is 13.7. The Morgan fingerprint density at radius 3 is 2.58 bits per heavy atom. The van der Waals surface area contributed by atoms with Gasteiger partial charge in [-0.05, 0) is 42.8 Å². The van der Waals surface area contributed by atoms with Gasteiger partial charge in [0.2, 0.25) is 0 Å². The van der Waals surface area contributed by atoms with Crippen molar-refractivity contribution in [3.8, 4) is 16.9 Å². The number of pyridine rings is 1. The predicted octanol–water partition coefficient (Wildman–Crippen LogP) is 6.06. The fourth-order valence-corrected chi connectivity index (χ4v) is 3.22. The molecule has 0 aliphatic heterocycles. The quantitative estimate of drug-likeness (QED) is 0.547. The summed E-state index contributed by atoms with van der Waals surface area (Å²) in [4.78, 5) is 4.08. The predicted molar refractivity (Wildman–Crippen MR) is 99.5 cm³/mol. The fraction of sp³-hybridized carbons (Fsp3) is 0.105. The third-order valence-corrected chi connectivity index (χ3v) is 4.54. The molecule has 1 heterocycles. The van der Waals surface area contributed by atoms with Gasteiger partial charge in [0.25, 0.3) is 0 Å². The molecule has 0 aliphatic carbocycles. The van der Waals surface area contributed by atoms with Gasteiger partial charge in [-0.3, -0.25) is 0 Å². The smallest absolute Gasteiger partial charge is 0.166 e. The van der Waals surface area contributed by atoms with E-state index in [2.05, 4.69) is 4.98 Å². The van der Waals surface area contributed by atoms with Crippen LogP contribution < -0.4 is 10.5 Å². The highest BCUT2D eigenvalue weighted by molar-refractivity contribution is 6.36. The van der Waals surface area contributed by atoms with E-state index >= 15 is 0 Å². The second-order valence-electron chi connectivity index (χ2n) is 5.63. The Morgan fingerprint density at radius 2 is 1.85 bits per heavy atom. The number of hydrogen-bond acceptors (Lipinski definition) is 3. The lowest BCUT2D eigenvalue weighted by Gasteiger charge is -2.19. The molecule has 0 saturated heterocycles. The second kappa shape index (κ2) is 7.48. The van der Waals surface area contributed by atoms with Crippen molar-refractivity contribution >= 4 is 29.0 Å². The summed E-state index contributed by atoms with van der Waals surface area (Å²) in [5.41, 5.74) is 7.43. The van der Waals surface area contributed by atoms with Crippen molar-refractivity contribution in [2.24, 2.45) is 0 Å². The van der Waals surface area contributed by atoms with Gasteiger partial charge in [0, 0.05) is 22.3 Å². The largest absolute Gasteiger partial charge is 0.482 e. The van der Waals surface area contributed by atoms with Crippen LogP contribution in [0.15, 0.2) is 48.7 Å². The monoisotopic (exact) mass is 394 g/mol. The molecular weight excluding hydrogens is 381 g/mol. The normalized spacial score (nSPS) is 12.0. The van der Waals surface area contributed by atoms with E-state index in [0.717, 1.165) is 0 Å². The zero-order chi connectivity index (χ0) is 18.8. The van der Waals surface area contributed by atoms with Crippen LogP contribution in [0.2, 0.25) is 10.0 Å². The minimum absolute atomic E-state index is 0.113. The van der Waals surface area contributed by atoms with Crippen LogP contribution >= 0.6 is 23.2 Å². The Kier molecular flexibility index (Phi) is 5.30. The fourth-order valence-electron chi connectivity index (χ4n) is 2.54. The number of nitrogens with two attached hydrogens (primary N) is 1. The first-order valence-electron chi connectivity index (χ1n) is 7.68. The molecule has 26 heavy (non-hydrogen) atoms. The molecule has 7 heteroatoms. The molecule has 1 atom stereocenters. The molecule has 0 fully saturated rings. The zero-order valence-electron chi connectivity index (χ0n) is 13.6. The van der Waals surface area contributed by atoms with Crippen molar-refractivity contribution in [3.05, 3.63) is 75.9 Å². The molecule has 0 spiro atoms. The number of hydrogen-bond donors (Lipinski definition) is 1. The average Bonchev–Trinajstić information content (AvgIpc) is 2.60. The minimum atomic E-state index is -0.683. The van der Waals surface area contributed by atoms with E-state index in [9.17, 15) is 8.78 Å². The van der Waals surface area contributed by atoms with Crippen LogP contribution in [-0.2, 0) is 0 Å². The lowest BCUT2D eigenvalue weighted by molar-refractivity contribution is 0.227. The molecule has 134 valence electrons. The van der Waals surface area contributed by atoms with E-state index in [1.165, 1.54) is 30.5 Å². The average molecular weight is 395 g/mol. The summed E-state index contributed by atoms with van der Waals surface area (Å²) in [7, 11) is 0. The maximum absolute atomic E-state index is 13.7. The van der Waals surface area contributed by atoms with E-state index in [0.29, 0.717) is 16.7 Å². The molecule has 0 aliphatic rings. The Labute approximate surface area is 159 Å². The van der Waals surface area contributed by atoms with Crippen LogP contribution in [0.3, 0.4) is 0 Å². The van der Waals surface area contributed by atoms with E-state index in [4.69, 9.17) is 33.7 Å². The SMILES string of the molecule is CC(Oc1cc(-c2cccc(F)c2)cnc1N)c1c(Cl)ccc(F)c1Cl. The van der Waals surface area contributed by atoms with Crippen molar-refractivity contribution in [1.82, 2.24) is 4.98 Å². The van der Waals surface area contributed by atoms with Crippen LogP contribution in [0, 0.1) is 11.6 Å². The zero-order valence-corrected chi connectivity index (χ0v) is 15.2. The van der Waals surface area contributed by atoms with Crippen LogP contribution in [0.1, 0.15) is 18.6 Å². The topological polar surface area (TPSA) is 48.1 Å². The molecule has 2 N–H and O–H groups in total. The molecule has 0 saturated carbocycles. The maximum Gasteiger partial charge on any atom is 0.166 e. The van der Waals surface area contributed by atoms with E-state index in [1.54, 1.807) is 25.1 Å². The summed E-state index contributed by atoms with van der Waals surface area (Å²) < 4.78 is 33.0. The molecule has 0 amide bonds. The number of nitrogen functional groups attached to an aromatic ring is 1. The lowest BCUT2D eigenvalue weighted by atomic mass is 10.1. The number of ether oxygens (including phenoxy) is 1. The summed E-state index contributed by atoms with van der Waals surface area (Å²) in [5, 5.41) is 0.162. The molecule has 1 unspecified atom stereocenters. The van der Waals surface area contributed by atoms with Gasteiger partial charge in [-0.25, -0.2) is 13.8 Å². The molecule has 3 nitrogen and oxygen atoms in total. The number of nitrogens with zero attached hydrogens (tertiary/aromatic N) is 1. The standard InChI is InChI=1S/C19H14Cl2F2N2O/c1-10(17-14(20)5-6-15(23)18(17)21)26-16-8-12(9-25-19(16)24)11-3-2-4-13(22)7-11/h2-10H,1H3,(H2,24,25). The number of halogens is 4. The van der Waals surface area contributed by atoms with Crippen molar-refractivity contribution in [2.75, 3.05) is 5.73 Å². The van der Waals surface area contributed by atoms with Crippen molar-refractivity contribution in [3.63, 3.8) is 0 Å². The van der Waals surface area contributed by atoms with Crippen LogP contribution in [0.25, 0.3) is 11.1 Å². The first-order chi connectivity index (χ1) is 12.4. The highest BCUT2D eigenvalue weighted by Crippen LogP contribution is 2.36. The van der Waals surface area contributed by atoms with Crippen molar-refractivity contribution in [2.45, 2.75) is 13.0 Å². The summed E-state index contributed by atoms with van der Waals surface area (Å²) in [5.74, 6) is -0.564. The third-order valence-electron chi connectivity index (χ3n) is 3.83. The Balaban J connectivity index is 1.95. The summed E-state index contributed by atoms with van der Waals surface area (Å²) in [6.07, 6.45) is 0.835. The highest BCUT2D eigenvalue weighted by Gasteiger charge is 2.20. The Morgan fingerprint density at radius 1 is 1.08 bits per heavy atom. The molecule has 3 rings (SSSR count). The van der Waals surface area contributed by atoms with Gasteiger partial charge in [0.1, 0.15) is 17.7 Å².